The van der Waals surface area contributed by atoms with E-state index in [-0.39, 0.29) is 6.61 Å². The summed E-state index contributed by atoms with van der Waals surface area (Å²) in [7, 11) is 0. The van der Waals surface area contributed by atoms with Crippen LogP contribution in [-0.4, -0.2) is 29.2 Å². The van der Waals surface area contributed by atoms with Crippen molar-refractivity contribution in [3.63, 3.8) is 0 Å². The Morgan fingerprint density at radius 2 is 2.22 bits per heavy atom. The highest BCUT2D eigenvalue weighted by Crippen LogP contribution is 1.92. The Morgan fingerprint density at radius 1 is 1.67 bits per heavy atom. The maximum atomic E-state index is 8.69. The quantitative estimate of drug-likeness (QED) is 0.393. The van der Waals surface area contributed by atoms with Gasteiger partial charge in [0.2, 0.25) is 0 Å². The molecule has 3 nitrogen and oxygen atoms in total. The molecule has 0 aliphatic heterocycles. The van der Waals surface area contributed by atoms with Gasteiger partial charge in [-0.1, -0.05) is 5.92 Å². The molecule has 2 atom stereocenters. The lowest BCUT2D eigenvalue weighted by Crippen LogP contribution is -2.25. The first-order chi connectivity index (χ1) is 4.18. The number of rotatable bonds is 3. The molecule has 0 aromatic heterocycles. The number of ether oxygens (including phenoxy) is 1. The van der Waals surface area contributed by atoms with E-state index in [4.69, 9.17) is 16.6 Å². The fourth-order valence-electron chi connectivity index (χ4n) is 0.273. The predicted molar refractivity (Wildman–Crippen MR) is 32.5 cm³/mol. The third kappa shape index (κ3) is 3.98. The van der Waals surface area contributed by atoms with Crippen LogP contribution < -0.4 is 0 Å². The minimum atomic E-state index is -1.17. The lowest BCUT2D eigenvalue weighted by Gasteiger charge is -2.11. The molecule has 0 aliphatic carbocycles. The Hall–Kier alpha value is -0.560. The highest BCUT2D eigenvalue weighted by atomic mass is 16.6. The molecule has 0 radical (unpaired) electrons. The summed E-state index contributed by atoms with van der Waals surface area (Å²) in [4.78, 5) is 0. The lowest BCUT2D eigenvalue weighted by atomic mass is 10.4. The largest absolute Gasteiger partial charge is 0.388 e. The number of hydrogen-bond acceptors (Lipinski definition) is 3. The van der Waals surface area contributed by atoms with Crippen molar-refractivity contribution < 1.29 is 14.9 Å². The zero-order valence-corrected chi connectivity index (χ0v) is 5.24. The van der Waals surface area contributed by atoms with Crippen LogP contribution in [0.15, 0.2) is 0 Å². The van der Waals surface area contributed by atoms with E-state index in [1.54, 1.807) is 0 Å². The van der Waals surface area contributed by atoms with Crippen LogP contribution in [0, 0.1) is 12.3 Å². The van der Waals surface area contributed by atoms with Crippen molar-refractivity contribution in [2.75, 3.05) is 6.61 Å². The molecule has 0 amide bonds. The molecule has 0 spiro atoms. The average molecular weight is 130 g/mol. The SMILES string of the molecule is C#CCOC(O)C(C)O. The summed E-state index contributed by atoms with van der Waals surface area (Å²) in [5.41, 5.74) is 0. The first-order valence-electron chi connectivity index (χ1n) is 2.59. The standard InChI is InChI=1S/C6H10O3/c1-3-4-9-6(8)5(2)7/h1,5-8H,4H2,2H3. The summed E-state index contributed by atoms with van der Waals surface area (Å²) < 4.78 is 4.52. The molecule has 2 N–H and O–H groups in total. The van der Waals surface area contributed by atoms with E-state index in [1.807, 2.05) is 0 Å². The topological polar surface area (TPSA) is 49.7 Å². The van der Waals surface area contributed by atoms with E-state index >= 15 is 0 Å². The van der Waals surface area contributed by atoms with Crippen molar-refractivity contribution in [1.29, 1.82) is 0 Å². The first-order valence-corrected chi connectivity index (χ1v) is 2.59. The summed E-state index contributed by atoms with van der Waals surface area (Å²) in [5, 5.41) is 17.3. The highest BCUT2D eigenvalue weighted by Gasteiger charge is 2.08. The van der Waals surface area contributed by atoms with E-state index in [0.29, 0.717) is 0 Å². The van der Waals surface area contributed by atoms with Crippen LogP contribution in [0.5, 0.6) is 0 Å². The van der Waals surface area contributed by atoms with Gasteiger partial charge in [0.15, 0.2) is 6.29 Å². The van der Waals surface area contributed by atoms with E-state index in [2.05, 4.69) is 10.7 Å². The van der Waals surface area contributed by atoms with Crippen molar-refractivity contribution in [1.82, 2.24) is 0 Å². The molecule has 52 valence electrons. The molecule has 0 aromatic carbocycles. The van der Waals surface area contributed by atoms with Crippen LogP contribution >= 0.6 is 0 Å². The molecule has 0 saturated heterocycles. The smallest absolute Gasteiger partial charge is 0.181 e. The number of hydrogen-bond donors (Lipinski definition) is 2. The Kier molecular flexibility index (Phi) is 4.06. The van der Waals surface area contributed by atoms with Gasteiger partial charge in [-0.15, -0.1) is 6.42 Å². The van der Waals surface area contributed by atoms with Gasteiger partial charge in [-0.3, -0.25) is 0 Å². The predicted octanol–water partition coefficient (Wildman–Crippen LogP) is -0.665. The van der Waals surface area contributed by atoms with Gasteiger partial charge in [0.1, 0.15) is 12.7 Å². The minimum Gasteiger partial charge on any atom is -0.388 e. The molecule has 0 aromatic rings. The van der Waals surface area contributed by atoms with E-state index in [9.17, 15) is 0 Å². The van der Waals surface area contributed by atoms with Crippen molar-refractivity contribution in [3.8, 4) is 12.3 Å². The van der Waals surface area contributed by atoms with Crippen molar-refractivity contribution >= 4 is 0 Å². The van der Waals surface area contributed by atoms with Crippen LogP contribution in [0.3, 0.4) is 0 Å². The van der Waals surface area contributed by atoms with E-state index in [1.165, 1.54) is 6.92 Å². The second kappa shape index (κ2) is 4.33. The molecule has 0 heterocycles. The van der Waals surface area contributed by atoms with Gasteiger partial charge in [-0.05, 0) is 6.92 Å². The monoisotopic (exact) mass is 130 g/mol. The Bertz CT molecular complexity index is 103. The molecular weight excluding hydrogens is 120 g/mol. The second-order valence-electron chi connectivity index (χ2n) is 1.65. The third-order valence-electron chi connectivity index (χ3n) is 0.750. The molecule has 0 rings (SSSR count). The summed E-state index contributed by atoms with van der Waals surface area (Å²) in [6, 6.07) is 0. The number of aliphatic hydroxyl groups excluding tert-OH is 2. The molecule has 3 heteroatoms. The van der Waals surface area contributed by atoms with E-state index in [0.717, 1.165) is 0 Å². The zero-order chi connectivity index (χ0) is 7.28. The lowest BCUT2D eigenvalue weighted by molar-refractivity contribution is -0.147. The number of aliphatic hydroxyl groups is 2. The molecule has 0 bridgehead atoms. The van der Waals surface area contributed by atoms with Gasteiger partial charge in [-0.25, -0.2) is 0 Å². The van der Waals surface area contributed by atoms with Crippen LogP contribution in [-0.2, 0) is 4.74 Å². The van der Waals surface area contributed by atoms with Crippen molar-refractivity contribution in [2.24, 2.45) is 0 Å². The van der Waals surface area contributed by atoms with Crippen LogP contribution in [0.1, 0.15) is 6.92 Å². The Balaban J connectivity index is 3.29. The van der Waals surface area contributed by atoms with Crippen LogP contribution in [0.2, 0.25) is 0 Å². The van der Waals surface area contributed by atoms with Gasteiger partial charge >= 0.3 is 0 Å². The van der Waals surface area contributed by atoms with E-state index < -0.39 is 12.4 Å². The average Bonchev–Trinajstić information content (AvgIpc) is 1.82. The fraction of sp³-hybridized carbons (Fsp3) is 0.667. The second-order valence-corrected chi connectivity index (χ2v) is 1.65. The molecule has 0 fully saturated rings. The highest BCUT2D eigenvalue weighted by molar-refractivity contribution is 4.83. The Morgan fingerprint density at radius 3 is 2.56 bits per heavy atom. The van der Waals surface area contributed by atoms with Crippen molar-refractivity contribution in [2.45, 2.75) is 19.3 Å². The van der Waals surface area contributed by atoms with Crippen LogP contribution in [0.4, 0.5) is 0 Å². The third-order valence-corrected chi connectivity index (χ3v) is 0.750. The van der Waals surface area contributed by atoms with Gasteiger partial charge in [0.25, 0.3) is 0 Å². The molecule has 0 saturated carbocycles. The van der Waals surface area contributed by atoms with Gasteiger partial charge < -0.3 is 14.9 Å². The van der Waals surface area contributed by atoms with Crippen LogP contribution in [0.25, 0.3) is 0 Å². The maximum absolute atomic E-state index is 8.69. The van der Waals surface area contributed by atoms with Gasteiger partial charge in [0.05, 0.1) is 0 Å². The van der Waals surface area contributed by atoms with Gasteiger partial charge in [-0.2, -0.15) is 0 Å². The molecule has 2 unspecified atom stereocenters. The summed E-state index contributed by atoms with van der Waals surface area (Å²) >= 11 is 0. The summed E-state index contributed by atoms with van der Waals surface area (Å²) in [6.45, 7) is 1.44. The normalized spacial score (nSPS) is 16.2. The fourth-order valence-corrected chi connectivity index (χ4v) is 0.273. The Labute approximate surface area is 54.3 Å². The molecule has 9 heavy (non-hydrogen) atoms. The van der Waals surface area contributed by atoms with Crippen molar-refractivity contribution in [3.05, 3.63) is 0 Å². The molecular formula is C6H10O3. The van der Waals surface area contributed by atoms with Gasteiger partial charge in [0, 0.05) is 0 Å². The summed E-state index contributed by atoms with van der Waals surface area (Å²) in [5.74, 6) is 2.16. The first kappa shape index (κ1) is 8.44. The molecule has 0 aliphatic rings. The zero-order valence-electron chi connectivity index (χ0n) is 5.24. The maximum Gasteiger partial charge on any atom is 0.181 e. The summed E-state index contributed by atoms with van der Waals surface area (Å²) in [6.07, 6.45) is 2.75. The minimum absolute atomic E-state index is 0.0199. The number of terminal acetylenes is 1.